The van der Waals surface area contributed by atoms with E-state index in [-0.39, 0.29) is 5.92 Å². The molecule has 2 atom stereocenters. The van der Waals surface area contributed by atoms with Crippen LogP contribution in [0.25, 0.3) is 0 Å². The summed E-state index contributed by atoms with van der Waals surface area (Å²) in [6, 6.07) is 0. The van der Waals surface area contributed by atoms with Gasteiger partial charge in [-0.1, -0.05) is 6.92 Å². The first-order valence-electron chi connectivity index (χ1n) is 7.67. The predicted molar refractivity (Wildman–Crippen MR) is 83.6 cm³/mol. The molecule has 0 saturated carbocycles. The summed E-state index contributed by atoms with van der Waals surface area (Å²) in [6.07, 6.45) is 8.19. The lowest BCUT2D eigenvalue weighted by Crippen LogP contribution is -2.23. The van der Waals surface area contributed by atoms with Crippen LogP contribution in [0.2, 0.25) is 0 Å². The predicted octanol–water partition coefficient (Wildman–Crippen LogP) is 1.18. The molecule has 0 amide bonds. The van der Waals surface area contributed by atoms with Crippen LogP contribution >= 0.6 is 0 Å². The molecule has 3 heterocycles. The first-order chi connectivity index (χ1) is 10.7. The Kier molecular flexibility index (Phi) is 4.29. The molecule has 0 aliphatic carbocycles. The van der Waals surface area contributed by atoms with Gasteiger partial charge in [-0.2, -0.15) is 0 Å². The second-order valence-electron chi connectivity index (χ2n) is 5.79. The van der Waals surface area contributed by atoms with E-state index < -0.39 is 6.10 Å². The summed E-state index contributed by atoms with van der Waals surface area (Å²) >= 11 is 0. The van der Waals surface area contributed by atoms with Gasteiger partial charge in [-0.05, 0) is 25.3 Å². The Hall–Kier alpha value is -2.08. The number of aliphatic hydroxyl groups is 1. The second-order valence-corrected chi connectivity index (χ2v) is 5.79. The van der Waals surface area contributed by atoms with Gasteiger partial charge >= 0.3 is 0 Å². The molecule has 0 aromatic carbocycles. The van der Waals surface area contributed by atoms with Crippen LogP contribution in [0, 0.1) is 12.8 Å². The van der Waals surface area contributed by atoms with Crippen LogP contribution in [0.5, 0.6) is 0 Å². The molecule has 2 aromatic heterocycles. The zero-order chi connectivity index (χ0) is 15.5. The standard InChI is InChI=1S/C16H21N5O/c1-3-14-11(2)7-19-16(20-14)21-9-12(15(22)10-21)6-13-8-17-4-5-18-13/h4-5,7-8,12,15,22H,3,6,9-10H2,1-2H3/t12-,15-/m1/s1. The minimum Gasteiger partial charge on any atom is -0.391 e. The molecule has 116 valence electrons. The zero-order valence-corrected chi connectivity index (χ0v) is 13.0. The number of nitrogens with zero attached hydrogens (tertiary/aromatic N) is 5. The lowest BCUT2D eigenvalue weighted by atomic mass is 10.0. The monoisotopic (exact) mass is 299 g/mol. The average Bonchev–Trinajstić information content (AvgIpc) is 2.90. The van der Waals surface area contributed by atoms with Crippen molar-refractivity contribution >= 4 is 5.95 Å². The van der Waals surface area contributed by atoms with Gasteiger partial charge in [0, 0.05) is 49.5 Å². The Labute approximate surface area is 130 Å². The maximum absolute atomic E-state index is 10.3. The highest BCUT2D eigenvalue weighted by Crippen LogP contribution is 2.24. The third-order valence-corrected chi connectivity index (χ3v) is 4.18. The van der Waals surface area contributed by atoms with Gasteiger partial charge in [0.2, 0.25) is 5.95 Å². The molecule has 1 N–H and O–H groups in total. The van der Waals surface area contributed by atoms with Gasteiger partial charge in [-0.25, -0.2) is 9.97 Å². The van der Waals surface area contributed by atoms with Crippen molar-refractivity contribution in [1.29, 1.82) is 0 Å². The summed E-state index contributed by atoms with van der Waals surface area (Å²) in [6.45, 7) is 5.42. The van der Waals surface area contributed by atoms with E-state index in [0.717, 1.165) is 36.3 Å². The molecule has 0 spiro atoms. The molecule has 1 saturated heterocycles. The Balaban J connectivity index is 1.73. The van der Waals surface area contributed by atoms with E-state index in [2.05, 4.69) is 31.8 Å². The summed E-state index contributed by atoms with van der Waals surface area (Å²) < 4.78 is 0. The third-order valence-electron chi connectivity index (χ3n) is 4.18. The van der Waals surface area contributed by atoms with Gasteiger partial charge in [-0.15, -0.1) is 0 Å². The molecule has 0 unspecified atom stereocenters. The number of aliphatic hydroxyl groups excluding tert-OH is 1. The number of hydrogen-bond acceptors (Lipinski definition) is 6. The molecule has 6 nitrogen and oxygen atoms in total. The normalized spacial score (nSPS) is 21.3. The first kappa shape index (κ1) is 14.8. The minimum atomic E-state index is -0.392. The molecule has 1 fully saturated rings. The number of aromatic nitrogens is 4. The topological polar surface area (TPSA) is 75.0 Å². The van der Waals surface area contributed by atoms with E-state index in [1.165, 1.54) is 0 Å². The number of rotatable bonds is 4. The van der Waals surface area contributed by atoms with Crippen molar-refractivity contribution in [1.82, 2.24) is 19.9 Å². The molecule has 0 radical (unpaired) electrons. The van der Waals surface area contributed by atoms with Crippen LogP contribution in [-0.4, -0.2) is 44.2 Å². The van der Waals surface area contributed by atoms with Gasteiger partial charge in [0.05, 0.1) is 11.8 Å². The number of aryl methyl sites for hydroxylation is 2. The Morgan fingerprint density at radius 1 is 1.23 bits per heavy atom. The molecule has 22 heavy (non-hydrogen) atoms. The molecular weight excluding hydrogens is 278 g/mol. The van der Waals surface area contributed by atoms with Crippen LogP contribution < -0.4 is 4.90 Å². The molecule has 3 rings (SSSR count). The van der Waals surface area contributed by atoms with Crippen molar-refractivity contribution in [3.8, 4) is 0 Å². The van der Waals surface area contributed by atoms with E-state index in [1.54, 1.807) is 18.6 Å². The largest absolute Gasteiger partial charge is 0.391 e. The van der Waals surface area contributed by atoms with E-state index >= 15 is 0 Å². The highest BCUT2D eigenvalue weighted by molar-refractivity contribution is 5.35. The number of hydrogen-bond donors (Lipinski definition) is 1. The lowest BCUT2D eigenvalue weighted by Gasteiger charge is -2.17. The fourth-order valence-electron chi connectivity index (χ4n) is 2.90. The highest BCUT2D eigenvalue weighted by atomic mass is 16.3. The van der Waals surface area contributed by atoms with Crippen LogP contribution in [0.15, 0.2) is 24.8 Å². The van der Waals surface area contributed by atoms with Crippen LogP contribution in [0.1, 0.15) is 23.9 Å². The Bertz CT molecular complexity index is 634. The van der Waals surface area contributed by atoms with Gasteiger partial charge < -0.3 is 10.0 Å². The molecule has 1 aliphatic heterocycles. The smallest absolute Gasteiger partial charge is 0.225 e. The first-order valence-corrected chi connectivity index (χ1v) is 7.67. The molecule has 6 heteroatoms. The number of β-amino-alcohol motifs (C(OH)–C–C–N with tert-alkyl or cyclic N) is 1. The Morgan fingerprint density at radius 3 is 2.82 bits per heavy atom. The number of anilines is 1. The van der Waals surface area contributed by atoms with Crippen LogP contribution in [-0.2, 0) is 12.8 Å². The van der Waals surface area contributed by atoms with Gasteiger partial charge in [-0.3, -0.25) is 9.97 Å². The summed E-state index contributed by atoms with van der Waals surface area (Å²) in [7, 11) is 0. The van der Waals surface area contributed by atoms with Gasteiger partial charge in [0.15, 0.2) is 0 Å². The summed E-state index contributed by atoms with van der Waals surface area (Å²) in [4.78, 5) is 19.5. The SMILES string of the molecule is CCc1nc(N2C[C@@H](Cc3cnccn3)[C@H](O)C2)ncc1C. The summed E-state index contributed by atoms with van der Waals surface area (Å²) in [5.74, 6) is 0.842. The van der Waals surface area contributed by atoms with E-state index in [9.17, 15) is 5.11 Å². The fourth-order valence-corrected chi connectivity index (χ4v) is 2.90. The lowest BCUT2D eigenvalue weighted by molar-refractivity contribution is 0.147. The van der Waals surface area contributed by atoms with Crippen molar-refractivity contribution in [3.05, 3.63) is 41.7 Å². The van der Waals surface area contributed by atoms with Crippen molar-refractivity contribution in [2.24, 2.45) is 5.92 Å². The molecule has 1 aliphatic rings. The average molecular weight is 299 g/mol. The summed E-state index contributed by atoms with van der Waals surface area (Å²) in [5.41, 5.74) is 3.09. The van der Waals surface area contributed by atoms with Crippen molar-refractivity contribution < 1.29 is 5.11 Å². The Morgan fingerprint density at radius 2 is 2.09 bits per heavy atom. The third kappa shape index (κ3) is 3.06. The van der Waals surface area contributed by atoms with E-state index in [0.29, 0.717) is 12.5 Å². The highest BCUT2D eigenvalue weighted by Gasteiger charge is 2.33. The molecule has 2 aromatic rings. The van der Waals surface area contributed by atoms with Crippen LogP contribution in [0.4, 0.5) is 5.95 Å². The van der Waals surface area contributed by atoms with Crippen molar-refractivity contribution in [3.63, 3.8) is 0 Å². The van der Waals surface area contributed by atoms with Gasteiger partial charge in [0.25, 0.3) is 0 Å². The maximum Gasteiger partial charge on any atom is 0.225 e. The minimum absolute atomic E-state index is 0.131. The molecule has 0 bridgehead atoms. The van der Waals surface area contributed by atoms with Crippen LogP contribution in [0.3, 0.4) is 0 Å². The fraction of sp³-hybridized carbons (Fsp3) is 0.500. The van der Waals surface area contributed by atoms with Gasteiger partial charge in [0.1, 0.15) is 0 Å². The van der Waals surface area contributed by atoms with Crippen molar-refractivity contribution in [2.75, 3.05) is 18.0 Å². The second kappa shape index (κ2) is 6.36. The van der Waals surface area contributed by atoms with E-state index in [1.807, 2.05) is 13.1 Å². The quantitative estimate of drug-likeness (QED) is 0.913. The van der Waals surface area contributed by atoms with E-state index in [4.69, 9.17) is 0 Å². The summed E-state index contributed by atoms with van der Waals surface area (Å²) in [5, 5.41) is 10.3. The maximum atomic E-state index is 10.3. The zero-order valence-electron chi connectivity index (χ0n) is 13.0. The van der Waals surface area contributed by atoms with Crippen molar-refractivity contribution in [2.45, 2.75) is 32.8 Å². The molecular formula is C16H21N5O.